The van der Waals surface area contributed by atoms with Crippen molar-refractivity contribution in [2.24, 2.45) is 0 Å². The van der Waals surface area contributed by atoms with Gasteiger partial charge in [-0.3, -0.25) is 0 Å². The minimum Gasteiger partial charge on any atom is -0.466 e. The third-order valence-electron chi connectivity index (χ3n) is 6.61. The van der Waals surface area contributed by atoms with E-state index in [1.165, 1.54) is 7.11 Å². The smallest absolute Gasteiger partial charge is 0.347 e. The average molecular weight is 520 g/mol. The maximum Gasteiger partial charge on any atom is 0.347 e. The number of aryl methyl sites for hydroxylation is 2. The number of nitrogens with zero attached hydrogens (tertiary/aromatic N) is 3. The molecule has 1 aromatic heterocycles. The van der Waals surface area contributed by atoms with Crippen LogP contribution in [0.2, 0.25) is 0 Å². The number of methoxy groups -OCH3 is 1. The lowest BCUT2D eigenvalue weighted by atomic mass is 9.96. The minimum atomic E-state index is -0.839. The predicted molar refractivity (Wildman–Crippen MR) is 151 cm³/mol. The molecule has 1 heterocycles. The Morgan fingerprint density at radius 1 is 0.949 bits per heavy atom. The van der Waals surface area contributed by atoms with Crippen molar-refractivity contribution in [3.63, 3.8) is 0 Å². The highest BCUT2D eigenvalue weighted by Crippen LogP contribution is 2.28. The van der Waals surface area contributed by atoms with E-state index in [1.54, 1.807) is 0 Å². The van der Waals surface area contributed by atoms with Crippen LogP contribution in [0.1, 0.15) is 53.5 Å². The molecule has 0 aliphatic heterocycles. The topological polar surface area (TPSA) is 85.1 Å². The standard InChI is InChI=1S/C33H33N3O3/c1-4-5-15-30-29(20-25-16-18-26(19-17-25)28-14-10-9-13-27(28)22-34)32(36-23(2)35-30)39-31(33(37)38-3)21-24-11-7-6-8-12-24/h6-14,16-19,31H,4-5,15,20-21H2,1-3H3. The summed E-state index contributed by atoms with van der Waals surface area (Å²) in [7, 11) is 1.37. The summed E-state index contributed by atoms with van der Waals surface area (Å²) in [4.78, 5) is 22.2. The van der Waals surface area contributed by atoms with Crippen molar-refractivity contribution in [2.75, 3.05) is 7.11 Å². The molecule has 1 atom stereocenters. The van der Waals surface area contributed by atoms with Gasteiger partial charge in [0.1, 0.15) is 5.82 Å². The molecule has 3 aromatic carbocycles. The summed E-state index contributed by atoms with van der Waals surface area (Å²) in [6, 6.07) is 27.7. The van der Waals surface area contributed by atoms with E-state index in [0.717, 1.165) is 52.8 Å². The number of carbonyl (C=O) groups excluding carboxylic acids is 1. The third kappa shape index (κ3) is 7.08. The van der Waals surface area contributed by atoms with E-state index in [0.29, 0.717) is 30.1 Å². The summed E-state index contributed by atoms with van der Waals surface area (Å²) in [5, 5.41) is 9.49. The quantitative estimate of drug-likeness (QED) is 0.213. The number of hydrogen-bond donors (Lipinski definition) is 0. The summed E-state index contributed by atoms with van der Waals surface area (Å²) >= 11 is 0. The molecule has 0 aliphatic carbocycles. The number of esters is 1. The first-order valence-electron chi connectivity index (χ1n) is 13.3. The SMILES string of the molecule is CCCCc1nc(C)nc(OC(Cc2ccccc2)C(=O)OC)c1Cc1ccc(-c2ccccc2C#N)cc1. The van der Waals surface area contributed by atoms with Crippen molar-refractivity contribution in [1.82, 2.24) is 9.97 Å². The lowest BCUT2D eigenvalue weighted by Crippen LogP contribution is -2.32. The van der Waals surface area contributed by atoms with Crippen LogP contribution in [0, 0.1) is 18.3 Å². The predicted octanol–water partition coefficient (Wildman–Crippen LogP) is 6.42. The molecule has 39 heavy (non-hydrogen) atoms. The van der Waals surface area contributed by atoms with E-state index in [9.17, 15) is 10.1 Å². The molecule has 0 N–H and O–H groups in total. The maximum absolute atomic E-state index is 12.7. The summed E-state index contributed by atoms with van der Waals surface area (Å²) in [5.74, 6) is 0.571. The second-order valence-electron chi connectivity index (χ2n) is 9.46. The van der Waals surface area contributed by atoms with Crippen molar-refractivity contribution < 1.29 is 14.3 Å². The van der Waals surface area contributed by atoms with Crippen molar-refractivity contribution in [3.8, 4) is 23.1 Å². The molecule has 6 heteroatoms. The number of carbonyl (C=O) groups is 1. The fourth-order valence-corrected chi connectivity index (χ4v) is 4.56. The zero-order valence-corrected chi connectivity index (χ0v) is 22.7. The van der Waals surface area contributed by atoms with Crippen LogP contribution in [-0.2, 0) is 28.8 Å². The Bertz CT molecular complexity index is 1440. The fourth-order valence-electron chi connectivity index (χ4n) is 4.56. The molecule has 4 aromatic rings. The van der Waals surface area contributed by atoms with E-state index in [2.05, 4.69) is 30.1 Å². The molecule has 198 valence electrons. The second-order valence-corrected chi connectivity index (χ2v) is 9.46. The molecule has 4 rings (SSSR count). The highest BCUT2D eigenvalue weighted by atomic mass is 16.6. The largest absolute Gasteiger partial charge is 0.466 e. The summed E-state index contributed by atoms with van der Waals surface area (Å²) < 4.78 is 11.4. The Kier molecular flexibility index (Phi) is 9.42. The molecule has 0 bridgehead atoms. The highest BCUT2D eigenvalue weighted by molar-refractivity contribution is 5.75. The zero-order valence-electron chi connectivity index (χ0n) is 22.7. The number of unbranched alkanes of at least 4 members (excludes halogenated alkanes) is 1. The van der Waals surface area contributed by atoms with Crippen LogP contribution in [-0.4, -0.2) is 29.2 Å². The molecule has 1 unspecified atom stereocenters. The van der Waals surface area contributed by atoms with Crippen LogP contribution in [0.4, 0.5) is 0 Å². The van der Waals surface area contributed by atoms with E-state index in [4.69, 9.17) is 14.5 Å². The van der Waals surface area contributed by atoms with Gasteiger partial charge in [0.25, 0.3) is 0 Å². The molecular weight excluding hydrogens is 486 g/mol. The maximum atomic E-state index is 12.7. The van der Waals surface area contributed by atoms with Gasteiger partial charge >= 0.3 is 5.97 Å². The minimum absolute atomic E-state index is 0.368. The van der Waals surface area contributed by atoms with Crippen LogP contribution >= 0.6 is 0 Å². The lowest BCUT2D eigenvalue weighted by Gasteiger charge is -2.20. The van der Waals surface area contributed by atoms with Gasteiger partial charge < -0.3 is 9.47 Å². The number of hydrogen-bond acceptors (Lipinski definition) is 6. The first-order chi connectivity index (χ1) is 19.0. The first kappa shape index (κ1) is 27.5. The van der Waals surface area contributed by atoms with Gasteiger partial charge in [0.05, 0.1) is 24.4 Å². The van der Waals surface area contributed by atoms with Gasteiger partial charge in [-0.1, -0.05) is 86.1 Å². The summed E-state index contributed by atoms with van der Waals surface area (Å²) in [6.07, 6.45) is 2.89. The monoisotopic (exact) mass is 519 g/mol. The number of ether oxygens (including phenoxy) is 2. The van der Waals surface area contributed by atoms with Crippen molar-refractivity contribution in [3.05, 3.63) is 113 Å². The van der Waals surface area contributed by atoms with E-state index in [1.807, 2.05) is 73.7 Å². The first-order valence-corrected chi connectivity index (χ1v) is 13.3. The molecule has 0 radical (unpaired) electrons. The molecular formula is C33H33N3O3. The molecule has 0 saturated carbocycles. The number of aromatic nitrogens is 2. The highest BCUT2D eigenvalue weighted by Gasteiger charge is 2.25. The Morgan fingerprint density at radius 2 is 1.67 bits per heavy atom. The molecule has 6 nitrogen and oxygen atoms in total. The van der Waals surface area contributed by atoms with Gasteiger partial charge in [-0.2, -0.15) is 10.2 Å². The Labute approximate surface area is 230 Å². The van der Waals surface area contributed by atoms with E-state index in [-0.39, 0.29) is 0 Å². The number of benzene rings is 3. The lowest BCUT2D eigenvalue weighted by molar-refractivity contribution is -0.148. The second kappa shape index (κ2) is 13.3. The van der Waals surface area contributed by atoms with E-state index >= 15 is 0 Å². The molecule has 0 saturated heterocycles. The van der Waals surface area contributed by atoms with Crippen molar-refractivity contribution in [1.29, 1.82) is 5.26 Å². The average Bonchev–Trinajstić information content (AvgIpc) is 2.97. The third-order valence-corrected chi connectivity index (χ3v) is 6.61. The van der Waals surface area contributed by atoms with Gasteiger partial charge in [0, 0.05) is 18.4 Å². The van der Waals surface area contributed by atoms with Crippen molar-refractivity contribution >= 4 is 5.97 Å². The number of rotatable bonds is 11. The van der Waals surface area contributed by atoms with Gasteiger partial charge in [-0.25, -0.2) is 9.78 Å². The zero-order chi connectivity index (χ0) is 27.6. The van der Waals surface area contributed by atoms with Gasteiger partial charge in [-0.05, 0) is 48.1 Å². The Balaban J connectivity index is 1.68. The van der Waals surface area contributed by atoms with Crippen LogP contribution in [0.25, 0.3) is 11.1 Å². The molecule has 0 aliphatic rings. The van der Waals surface area contributed by atoms with Crippen LogP contribution < -0.4 is 4.74 Å². The van der Waals surface area contributed by atoms with Gasteiger partial charge in [0.15, 0.2) is 0 Å². The summed E-state index contributed by atoms with van der Waals surface area (Å²) in [5.41, 5.74) is 6.36. The van der Waals surface area contributed by atoms with E-state index < -0.39 is 12.1 Å². The Morgan fingerprint density at radius 3 is 2.36 bits per heavy atom. The molecule has 0 spiro atoms. The fraction of sp³-hybridized carbons (Fsp3) is 0.273. The molecule has 0 fully saturated rings. The van der Waals surface area contributed by atoms with Gasteiger partial charge in [0.2, 0.25) is 12.0 Å². The number of nitriles is 1. The van der Waals surface area contributed by atoms with Crippen LogP contribution in [0.5, 0.6) is 5.88 Å². The van der Waals surface area contributed by atoms with Gasteiger partial charge in [-0.15, -0.1) is 0 Å². The molecule has 0 amide bonds. The normalized spacial score (nSPS) is 11.4. The van der Waals surface area contributed by atoms with Crippen molar-refractivity contribution in [2.45, 2.75) is 52.1 Å². The summed E-state index contributed by atoms with van der Waals surface area (Å²) in [6.45, 7) is 3.99. The van der Waals surface area contributed by atoms with Crippen LogP contribution in [0.15, 0.2) is 78.9 Å². The Hall–Kier alpha value is -4.50. The van der Waals surface area contributed by atoms with Crippen LogP contribution in [0.3, 0.4) is 0 Å².